The lowest BCUT2D eigenvalue weighted by Gasteiger charge is -2.02. The first-order valence-corrected chi connectivity index (χ1v) is 4.08. The Balaban J connectivity index is 2.25. The standard InChI is InChI=1S/C10H7F2N2/c11-9-3-2-8(10(12)6-9)7-14-5-1-4-13-14/h2-6H,7H2. The van der Waals surface area contributed by atoms with E-state index < -0.39 is 11.6 Å². The predicted molar refractivity (Wildman–Crippen MR) is 46.5 cm³/mol. The van der Waals surface area contributed by atoms with Gasteiger partial charge in [0, 0.05) is 23.9 Å². The van der Waals surface area contributed by atoms with Crippen LogP contribution in [0.2, 0.25) is 0 Å². The zero-order valence-corrected chi connectivity index (χ0v) is 7.24. The summed E-state index contributed by atoms with van der Waals surface area (Å²) < 4.78 is 27.2. The largest absolute Gasteiger partial charge is 0.268 e. The number of hydrogen-bond donors (Lipinski definition) is 0. The van der Waals surface area contributed by atoms with Crippen molar-refractivity contribution in [3.05, 3.63) is 53.9 Å². The Morgan fingerprint density at radius 3 is 2.86 bits per heavy atom. The van der Waals surface area contributed by atoms with E-state index in [2.05, 4.69) is 11.2 Å². The number of rotatable bonds is 2. The van der Waals surface area contributed by atoms with Crippen LogP contribution in [-0.4, -0.2) is 9.78 Å². The quantitative estimate of drug-likeness (QED) is 0.713. The molecule has 0 aliphatic rings. The normalized spacial score (nSPS) is 10.4. The molecule has 1 radical (unpaired) electrons. The highest BCUT2D eigenvalue weighted by atomic mass is 19.1. The maximum Gasteiger partial charge on any atom is 0.131 e. The summed E-state index contributed by atoms with van der Waals surface area (Å²) in [4.78, 5) is 0. The van der Waals surface area contributed by atoms with E-state index in [9.17, 15) is 8.78 Å². The Hall–Kier alpha value is -1.71. The van der Waals surface area contributed by atoms with Gasteiger partial charge in [-0.2, -0.15) is 5.10 Å². The Morgan fingerprint density at radius 1 is 1.36 bits per heavy atom. The summed E-state index contributed by atoms with van der Waals surface area (Å²) in [6.07, 6.45) is 3.09. The van der Waals surface area contributed by atoms with E-state index in [0.717, 1.165) is 6.07 Å². The van der Waals surface area contributed by atoms with Crippen LogP contribution >= 0.6 is 0 Å². The molecule has 2 nitrogen and oxygen atoms in total. The van der Waals surface area contributed by atoms with Crippen molar-refractivity contribution in [1.82, 2.24) is 9.78 Å². The minimum atomic E-state index is -0.571. The van der Waals surface area contributed by atoms with Crippen molar-refractivity contribution in [2.24, 2.45) is 0 Å². The molecule has 1 heterocycles. The SMILES string of the molecule is Fc1ccc(Cn2c[c]cn2)c(F)c1. The highest BCUT2D eigenvalue weighted by Gasteiger charge is 2.03. The van der Waals surface area contributed by atoms with Gasteiger partial charge in [0.1, 0.15) is 11.6 Å². The molecule has 0 bridgehead atoms. The lowest BCUT2D eigenvalue weighted by atomic mass is 10.2. The summed E-state index contributed by atoms with van der Waals surface area (Å²) in [6, 6.07) is 6.24. The van der Waals surface area contributed by atoms with Crippen molar-refractivity contribution in [1.29, 1.82) is 0 Å². The smallest absolute Gasteiger partial charge is 0.131 e. The van der Waals surface area contributed by atoms with Crippen LogP contribution in [0.15, 0.2) is 30.6 Å². The van der Waals surface area contributed by atoms with Crippen molar-refractivity contribution in [2.75, 3.05) is 0 Å². The fourth-order valence-corrected chi connectivity index (χ4v) is 1.17. The second-order valence-corrected chi connectivity index (χ2v) is 2.87. The molecule has 2 aromatic rings. The minimum Gasteiger partial charge on any atom is -0.268 e. The third-order valence-electron chi connectivity index (χ3n) is 1.85. The molecule has 71 valence electrons. The fourth-order valence-electron chi connectivity index (χ4n) is 1.17. The number of hydrogen-bond acceptors (Lipinski definition) is 1. The van der Waals surface area contributed by atoms with Gasteiger partial charge < -0.3 is 0 Å². The third-order valence-corrected chi connectivity index (χ3v) is 1.85. The average Bonchev–Trinajstić information content (AvgIpc) is 2.62. The van der Waals surface area contributed by atoms with Crippen molar-refractivity contribution in [2.45, 2.75) is 6.54 Å². The van der Waals surface area contributed by atoms with Crippen molar-refractivity contribution in [3.63, 3.8) is 0 Å². The zero-order valence-electron chi connectivity index (χ0n) is 7.24. The van der Waals surface area contributed by atoms with Crippen LogP contribution < -0.4 is 0 Å². The molecule has 1 aromatic heterocycles. The number of halogens is 2. The van der Waals surface area contributed by atoms with E-state index in [0.29, 0.717) is 5.56 Å². The second kappa shape index (κ2) is 3.57. The molecule has 0 N–H and O–H groups in total. The molecule has 0 spiro atoms. The van der Waals surface area contributed by atoms with E-state index >= 15 is 0 Å². The summed E-state index contributed by atoms with van der Waals surface area (Å²) in [5.41, 5.74) is 0.406. The fraction of sp³-hybridized carbons (Fsp3) is 0.100. The predicted octanol–water partition coefficient (Wildman–Crippen LogP) is 2.01. The highest BCUT2D eigenvalue weighted by Crippen LogP contribution is 2.10. The van der Waals surface area contributed by atoms with E-state index in [4.69, 9.17) is 0 Å². The summed E-state index contributed by atoms with van der Waals surface area (Å²) >= 11 is 0. The lowest BCUT2D eigenvalue weighted by Crippen LogP contribution is -2.02. The topological polar surface area (TPSA) is 17.8 Å². The van der Waals surface area contributed by atoms with E-state index in [1.54, 1.807) is 6.20 Å². The summed E-state index contributed by atoms with van der Waals surface area (Å²) in [5, 5.41) is 3.88. The summed E-state index contributed by atoms with van der Waals surface area (Å²) in [7, 11) is 0. The van der Waals surface area contributed by atoms with Crippen LogP contribution in [0.1, 0.15) is 5.56 Å². The van der Waals surface area contributed by atoms with Gasteiger partial charge >= 0.3 is 0 Å². The van der Waals surface area contributed by atoms with Crippen molar-refractivity contribution in [3.8, 4) is 0 Å². The minimum absolute atomic E-state index is 0.287. The first-order chi connectivity index (χ1) is 6.75. The van der Waals surface area contributed by atoms with E-state index in [1.807, 2.05) is 0 Å². The molecule has 1 aromatic carbocycles. The van der Waals surface area contributed by atoms with Gasteiger partial charge in [-0.3, -0.25) is 4.68 Å². The molecule has 14 heavy (non-hydrogen) atoms. The van der Waals surface area contributed by atoms with Gasteiger partial charge in [-0.25, -0.2) is 8.78 Å². The third kappa shape index (κ3) is 1.79. The first-order valence-electron chi connectivity index (χ1n) is 4.08. The van der Waals surface area contributed by atoms with E-state index in [-0.39, 0.29) is 6.54 Å². The number of nitrogens with zero attached hydrogens (tertiary/aromatic N) is 2. The van der Waals surface area contributed by atoms with Crippen LogP contribution in [0.3, 0.4) is 0 Å². The van der Waals surface area contributed by atoms with Gasteiger partial charge in [-0.15, -0.1) is 0 Å². The molecule has 0 saturated carbocycles. The Kier molecular flexibility index (Phi) is 2.26. The molecule has 0 fully saturated rings. The molecule has 0 atom stereocenters. The van der Waals surface area contributed by atoms with Crippen LogP contribution in [-0.2, 0) is 6.54 Å². The Morgan fingerprint density at radius 2 is 2.21 bits per heavy atom. The Bertz CT molecular complexity index is 424. The molecular weight excluding hydrogens is 186 g/mol. The Labute approximate surface area is 79.8 Å². The van der Waals surface area contributed by atoms with Gasteiger partial charge in [0.05, 0.1) is 12.7 Å². The molecule has 0 aliphatic heterocycles. The monoisotopic (exact) mass is 193 g/mol. The van der Waals surface area contributed by atoms with Crippen LogP contribution in [0, 0.1) is 17.7 Å². The van der Waals surface area contributed by atoms with Crippen LogP contribution in [0.4, 0.5) is 8.78 Å². The summed E-state index contributed by atoms with van der Waals surface area (Å²) in [6.45, 7) is 0.287. The molecule has 0 aliphatic carbocycles. The molecule has 2 rings (SSSR count). The number of aromatic nitrogens is 2. The average molecular weight is 193 g/mol. The highest BCUT2D eigenvalue weighted by molar-refractivity contribution is 5.18. The second-order valence-electron chi connectivity index (χ2n) is 2.87. The lowest BCUT2D eigenvalue weighted by molar-refractivity contribution is 0.558. The zero-order chi connectivity index (χ0) is 9.97. The molecule has 0 amide bonds. The van der Waals surface area contributed by atoms with Crippen LogP contribution in [0.25, 0.3) is 0 Å². The number of benzene rings is 1. The van der Waals surface area contributed by atoms with Gasteiger partial charge in [0.2, 0.25) is 0 Å². The molecular formula is C10H7F2N2. The molecule has 4 heteroatoms. The molecule has 0 saturated heterocycles. The van der Waals surface area contributed by atoms with Crippen molar-refractivity contribution >= 4 is 0 Å². The molecule has 0 unspecified atom stereocenters. The van der Waals surface area contributed by atoms with Gasteiger partial charge in [0.25, 0.3) is 0 Å². The maximum atomic E-state index is 13.2. The van der Waals surface area contributed by atoms with E-state index in [1.165, 1.54) is 23.0 Å². The van der Waals surface area contributed by atoms with Crippen molar-refractivity contribution < 1.29 is 8.78 Å². The summed E-state index contributed by atoms with van der Waals surface area (Å²) in [5.74, 6) is -1.13. The van der Waals surface area contributed by atoms with Gasteiger partial charge in [0.15, 0.2) is 0 Å². The van der Waals surface area contributed by atoms with Gasteiger partial charge in [-0.05, 0) is 6.07 Å². The maximum absolute atomic E-state index is 13.2. The first kappa shape index (κ1) is 8.87. The van der Waals surface area contributed by atoms with Gasteiger partial charge in [-0.1, -0.05) is 6.07 Å². The van der Waals surface area contributed by atoms with Crippen LogP contribution in [0.5, 0.6) is 0 Å².